The van der Waals surface area contributed by atoms with Crippen molar-refractivity contribution >= 4 is 0 Å². The third-order valence-electron chi connectivity index (χ3n) is 1.56. The highest BCUT2D eigenvalue weighted by atomic mass is 16.5. The summed E-state index contributed by atoms with van der Waals surface area (Å²) < 4.78 is 0. The van der Waals surface area contributed by atoms with E-state index in [1.807, 2.05) is 6.92 Å². The molecule has 0 aromatic rings. The van der Waals surface area contributed by atoms with Crippen molar-refractivity contribution in [3.63, 3.8) is 0 Å². The Bertz CT molecular complexity index is 149. The van der Waals surface area contributed by atoms with Gasteiger partial charge in [0.25, 0.3) is 0 Å². The van der Waals surface area contributed by atoms with Gasteiger partial charge in [-0.05, 0) is 6.92 Å². The van der Waals surface area contributed by atoms with Crippen LogP contribution in [0.2, 0.25) is 0 Å². The Morgan fingerprint density at radius 1 is 1.67 bits per heavy atom. The van der Waals surface area contributed by atoms with Crippen LogP contribution in [0.15, 0.2) is 11.8 Å². The number of hydrogen-bond acceptors (Lipinski definition) is 2. The largest absolute Gasteiger partial charge is 0.289 e. The van der Waals surface area contributed by atoms with Crippen molar-refractivity contribution in [3.8, 4) is 0 Å². The highest BCUT2D eigenvalue weighted by molar-refractivity contribution is 5.10. The Kier molecular flexibility index (Phi) is 1.28. The third kappa shape index (κ3) is 1.24. The molecule has 0 spiro atoms. The van der Waals surface area contributed by atoms with Gasteiger partial charge < -0.3 is 0 Å². The Balaban J connectivity index is 2.74. The number of allylic oxidation sites excluding steroid dienone is 1. The summed E-state index contributed by atoms with van der Waals surface area (Å²) >= 11 is 0. The van der Waals surface area contributed by atoms with Crippen molar-refractivity contribution in [2.75, 3.05) is 6.54 Å². The lowest BCUT2D eigenvalue weighted by Crippen LogP contribution is -2.20. The van der Waals surface area contributed by atoms with Gasteiger partial charge in [0.1, 0.15) is 0 Å². The van der Waals surface area contributed by atoms with Crippen LogP contribution in [0.5, 0.6) is 0 Å². The smallest absolute Gasteiger partial charge is 0.0535 e. The summed E-state index contributed by atoms with van der Waals surface area (Å²) in [6.45, 7) is 6.84. The van der Waals surface area contributed by atoms with Gasteiger partial charge in [0, 0.05) is 11.1 Å². The zero-order chi connectivity index (χ0) is 7.07. The fraction of sp³-hybridized carbons (Fsp3) is 0.714. The number of hydroxylamine groups is 2. The first-order valence-electron chi connectivity index (χ1n) is 3.17. The monoisotopic (exact) mass is 127 g/mol. The van der Waals surface area contributed by atoms with Crippen molar-refractivity contribution in [1.82, 2.24) is 5.06 Å². The molecule has 9 heavy (non-hydrogen) atoms. The SMILES string of the molecule is CC1=CC(C)(C)CN1O. The molecule has 1 N–H and O–H groups in total. The predicted molar refractivity (Wildman–Crippen MR) is 36.0 cm³/mol. The van der Waals surface area contributed by atoms with Crippen molar-refractivity contribution in [2.45, 2.75) is 20.8 Å². The van der Waals surface area contributed by atoms with Crippen molar-refractivity contribution in [2.24, 2.45) is 5.41 Å². The first kappa shape index (κ1) is 6.62. The second-order valence-corrected chi connectivity index (χ2v) is 3.33. The van der Waals surface area contributed by atoms with Gasteiger partial charge in [-0.2, -0.15) is 0 Å². The van der Waals surface area contributed by atoms with Gasteiger partial charge in [-0.3, -0.25) is 10.3 Å². The molecule has 2 heteroatoms. The molecule has 0 bridgehead atoms. The molecule has 1 heterocycles. The molecule has 0 amide bonds. The maximum atomic E-state index is 9.10. The maximum absolute atomic E-state index is 9.10. The minimum absolute atomic E-state index is 0.152. The van der Waals surface area contributed by atoms with E-state index in [0.29, 0.717) is 0 Å². The summed E-state index contributed by atoms with van der Waals surface area (Å²) in [5.74, 6) is 0. The van der Waals surface area contributed by atoms with Crippen LogP contribution in [0.3, 0.4) is 0 Å². The molecule has 0 aromatic heterocycles. The molecule has 1 aliphatic heterocycles. The highest BCUT2D eigenvalue weighted by Gasteiger charge is 2.25. The molecule has 1 aliphatic rings. The summed E-state index contributed by atoms with van der Waals surface area (Å²) in [5.41, 5.74) is 1.11. The Labute approximate surface area is 55.7 Å². The quantitative estimate of drug-likeness (QED) is 0.534. The van der Waals surface area contributed by atoms with Crippen LogP contribution < -0.4 is 0 Å². The second-order valence-electron chi connectivity index (χ2n) is 3.33. The molecular formula is C7H13NO. The van der Waals surface area contributed by atoms with Crippen LogP contribution >= 0.6 is 0 Å². The highest BCUT2D eigenvalue weighted by Crippen LogP contribution is 2.28. The van der Waals surface area contributed by atoms with Gasteiger partial charge in [-0.25, -0.2) is 0 Å². The van der Waals surface area contributed by atoms with Crippen molar-refractivity contribution in [3.05, 3.63) is 11.8 Å². The minimum Gasteiger partial charge on any atom is -0.289 e. The molecule has 0 unspecified atom stereocenters. The average molecular weight is 127 g/mol. The summed E-state index contributed by atoms with van der Waals surface area (Å²) in [6, 6.07) is 0. The van der Waals surface area contributed by atoms with Crippen LogP contribution in [0.1, 0.15) is 20.8 Å². The maximum Gasteiger partial charge on any atom is 0.0535 e. The molecule has 0 saturated heterocycles. The molecule has 2 nitrogen and oxygen atoms in total. The molecule has 0 radical (unpaired) electrons. The van der Waals surface area contributed by atoms with E-state index in [0.717, 1.165) is 12.2 Å². The normalized spacial score (nSPS) is 24.4. The molecule has 0 aromatic carbocycles. The van der Waals surface area contributed by atoms with Gasteiger partial charge in [0.2, 0.25) is 0 Å². The van der Waals surface area contributed by atoms with Crippen molar-refractivity contribution in [1.29, 1.82) is 0 Å². The summed E-state index contributed by atoms with van der Waals surface area (Å²) in [5, 5.41) is 10.4. The van der Waals surface area contributed by atoms with Gasteiger partial charge in [0.05, 0.1) is 6.54 Å². The molecule has 0 aliphatic carbocycles. The van der Waals surface area contributed by atoms with E-state index in [9.17, 15) is 0 Å². The van der Waals surface area contributed by atoms with E-state index in [1.54, 1.807) is 0 Å². The van der Waals surface area contributed by atoms with Crippen LogP contribution in [-0.2, 0) is 0 Å². The van der Waals surface area contributed by atoms with Crippen molar-refractivity contribution < 1.29 is 5.21 Å². The molecule has 1 rings (SSSR count). The fourth-order valence-electron chi connectivity index (χ4n) is 1.20. The lowest BCUT2D eigenvalue weighted by atomic mass is 9.96. The summed E-state index contributed by atoms with van der Waals surface area (Å²) in [4.78, 5) is 0. The minimum atomic E-state index is 0.152. The molecule has 0 atom stereocenters. The van der Waals surface area contributed by atoms with Crippen LogP contribution in [0.25, 0.3) is 0 Å². The van der Waals surface area contributed by atoms with E-state index in [2.05, 4.69) is 19.9 Å². The topological polar surface area (TPSA) is 23.5 Å². The first-order chi connectivity index (χ1) is 4.01. The van der Waals surface area contributed by atoms with Gasteiger partial charge in [-0.15, -0.1) is 0 Å². The predicted octanol–water partition coefficient (Wildman–Crippen LogP) is 1.62. The Morgan fingerprint density at radius 3 is 2.33 bits per heavy atom. The lowest BCUT2D eigenvalue weighted by Gasteiger charge is -2.16. The summed E-state index contributed by atoms with van der Waals surface area (Å²) in [7, 11) is 0. The summed E-state index contributed by atoms with van der Waals surface area (Å²) in [6.07, 6.45) is 2.08. The third-order valence-corrected chi connectivity index (χ3v) is 1.56. The van der Waals surface area contributed by atoms with Gasteiger partial charge in [-0.1, -0.05) is 19.9 Å². The van der Waals surface area contributed by atoms with Crippen LogP contribution in [-0.4, -0.2) is 16.8 Å². The fourth-order valence-corrected chi connectivity index (χ4v) is 1.20. The average Bonchev–Trinajstić information content (AvgIpc) is 1.79. The second kappa shape index (κ2) is 1.74. The van der Waals surface area contributed by atoms with E-state index < -0.39 is 0 Å². The van der Waals surface area contributed by atoms with E-state index >= 15 is 0 Å². The number of hydrogen-bond donors (Lipinski definition) is 1. The van der Waals surface area contributed by atoms with E-state index in [1.165, 1.54) is 5.06 Å². The number of nitrogens with zero attached hydrogens (tertiary/aromatic N) is 1. The number of rotatable bonds is 0. The molecule has 52 valence electrons. The molecule has 0 fully saturated rings. The van der Waals surface area contributed by atoms with Gasteiger partial charge >= 0.3 is 0 Å². The molecule has 0 saturated carbocycles. The lowest BCUT2D eigenvalue weighted by molar-refractivity contribution is -0.0577. The van der Waals surface area contributed by atoms with Crippen LogP contribution in [0.4, 0.5) is 0 Å². The zero-order valence-electron chi connectivity index (χ0n) is 6.18. The molecular weight excluding hydrogens is 114 g/mol. The van der Waals surface area contributed by atoms with Crippen LogP contribution in [0, 0.1) is 5.41 Å². The van der Waals surface area contributed by atoms with E-state index in [-0.39, 0.29) is 5.41 Å². The zero-order valence-corrected chi connectivity index (χ0v) is 6.18. The standard InChI is InChI=1S/C7H13NO/c1-6-4-7(2,3)5-8(6)9/h4,9H,5H2,1-3H3. The Morgan fingerprint density at radius 2 is 2.22 bits per heavy atom. The first-order valence-corrected chi connectivity index (χ1v) is 3.17. The van der Waals surface area contributed by atoms with Gasteiger partial charge in [0.15, 0.2) is 0 Å². The van der Waals surface area contributed by atoms with E-state index in [4.69, 9.17) is 5.21 Å². The Hall–Kier alpha value is -0.500.